The lowest BCUT2D eigenvalue weighted by atomic mass is 10.3. The molecule has 0 radical (unpaired) electrons. The van der Waals surface area contributed by atoms with Crippen LogP contribution in [0.25, 0.3) is 0 Å². The van der Waals surface area contributed by atoms with Crippen LogP contribution in [0.4, 0.5) is 11.4 Å². The molecule has 3 saturated heterocycles. The SMILES string of the molecule is O=P1(N2CCOCC2)N(c2ccc(Cl)c(Cl)c2)P(=O)(N2CCOCC2)N1c1ccc(Cl)c(Cl)c1. The van der Waals surface area contributed by atoms with Gasteiger partial charge in [0.15, 0.2) is 0 Å². The second-order valence-corrected chi connectivity index (χ2v) is 15.0. The minimum Gasteiger partial charge on any atom is -0.379 e. The highest BCUT2D eigenvalue weighted by Crippen LogP contribution is 2.89. The number of hydrogen-bond donors (Lipinski definition) is 0. The highest BCUT2D eigenvalue weighted by atomic mass is 35.5. The fourth-order valence-corrected chi connectivity index (χ4v) is 13.5. The number of hydrogen-bond acceptors (Lipinski definition) is 4. The molecular weight excluding hydrogens is 564 g/mol. The molecule has 0 bridgehead atoms. The lowest BCUT2D eigenvalue weighted by Crippen LogP contribution is -2.57. The third-order valence-corrected chi connectivity index (χ3v) is 15.4. The Morgan fingerprint density at radius 2 is 0.941 bits per heavy atom. The minimum absolute atomic E-state index is 0.286. The van der Waals surface area contributed by atoms with Gasteiger partial charge in [0.1, 0.15) is 0 Å². The molecule has 34 heavy (non-hydrogen) atoms. The van der Waals surface area contributed by atoms with E-state index in [0.29, 0.717) is 74.0 Å². The normalized spacial score (nSPS) is 28.7. The van der Waals surface area contributed by atoms with Crippen molar-refractivity contribution in [3.63, 3.8) is 0 Å². The molecule has 0 unspecified atom stereocenters. The van der Waals surface area contributed by atoms with Crippen LogP contribution in [0.1, 0.15) is 0 Å². The van der Waals surface area contributed by atoms with E-state index in [2.05, 4.69) is 0 Å². The van der Waals surface area contributed by atoms with Gasteiger partial charge in [-0.15, -0.1) is 0 Å². The number of rotatable bonds is 4. The van der Waals surface area contributed by atoms with E-state index in [1.54, 1.807) is 45.3 Å². The fraction of sp³-hybridized carbons (Fsp3) is 0.400. The van der Waals surface area contributed by atoms with Gasteiger partial charge in [-0.2, -0.15) is 0 Å². The van der Waals surface area contributed by atoms with Crippen LogP contribution in [0.15, 0.2) is 36.4 Å². The van der Waals surface area contributed by atoms with E-state index in [1.807, 2.05) is 9.34 Å². The molecule has 8 nitrogen and oxygen atoms in total. The second kappa shape index (κ2) is 9.75. The molecule has 3 fully saturated rings. The predicted octanol–water partition coefficient (Wildman–Crippen LogP) is 6.51. The van der Waals surface area contributed by atoms with Gasteiger partial charge in [0.05, 0.1) is 57.9 Å². The van der Waals surface area contributed by atoms with Gasteiger partial charge in [0, 0.05) is 26.2 Å². The third kappa shape index (κ3) is 4.01. The smallest absolute Gasteiger partial charge is 0.351 e. The Kier molecular flexibility index (Phi) is 7.22. The molecule has 0 saturated carbocycles. The molecule has 0 aromatic heterocycles. The van der Waals surface area contributed by atoms with Gasteiger partial charge < -0.3 is 9.47 Å². The number of anilines is 2. The first-order valence-corrected chi connectivity index (χ1v) is 15.3. The maximum Gasteiger partial charge on any atom is 0.351 e. The predicted molar refractivity (Wildman–Crippen MR) is 138 cm³/mol. The van der Waals surface area contributed by atoms with Crippen molar-refractivity contribution in [2.75, 3.05) is 61.5 Å². The number of benzene rings is 2. The molecule has 5 rings (SSSR count). The summed E-state index contributed by atoms with van der Waals surface area (Å²) in [6.45, 7) is 3.30. The van der Waals surface area contributed by atoms with E-state index in [4.69, 9.17) is 55.9 Å². The minimum atomic E-state index is -3.62. The molecule has 14 heteroatoms. The van der Waals surface area contributed by atoms with E-state index >= 15 is 9.13 Å². The largest absolute Gasteiger partial charge is 0.379 e. The summed E-state index contributed by atoms with van der Waals surface area (Å²) in [5, 5.41) is 1.28. The van der Waals surface area contributed by atoms with E-state index < -0.39 is 15.2 Å². The average molecular weight is 586 g/mol. The highest BCUT2D eigenvalue weighted by Gasteiger charge is 2.70. The second-order valence-electron chi connectivity index (χ2n) is 7.93. The van der Waals surface area contributed by atoms with Crippen LogP contribution < -0.4 is 8.88 Å². The molecule has 3 heterocycles. The summed E-state index contributed by atoms with van der Waals surface area (Å²) >= 11 is 25.0. The summed E-state index contributed by atoms with van der Waals surface area (Å²) in [5.74, 6) is 0. The highest BCUT2D eigenvalue weighted by molar-refractivity contribution is 7.98. The van der Waals surface area contributed by atoms with Gasteiger partial charge in [-0.3, -0.25) is 9.13 Å². The molecule has 0 amide bonds. The zero-order valence-corrected chi connectivity index (χ0v) is 22.8. The Morgan fingerprint density at radius 3 is 1.26 bits per heavy atom. The van der Waals surface area contributed by atoms with Crippen molar-refractivity contribution >= 4 is 73.0 Å². The first-order valence-electron chi connectivity index (χ1n) is 10.7. The number of ether oxygens (including phenoxy) is 2. The Balaban J connectivity index is 1.71. The third-order valence-electron chi connectivity index (χ3n) is 5.97. The van der Waals surface area contributed by atoms with Gasteiger partial charge in [-0.05, 0) is 36.4 Å². The van der Waals surface area contributed by atoms with Crippen LogP contribution in [0.5, 0.6) is 0 Å². The van der Waals surface area contributed by atoms with Crippen LogP contribution >= 0.6 is 61.6 Å². The first kappa shape index (κ1) is 25.2. The van der Waals surface area contributed by atoms with Crippen molar-refractivity contribution in [3.8, 4) is 0 Å². The molecule has 0 atom stereocenters. The summed E-state index contributed by atoms with van der Waals surface area (Å²) in [7, 11) is -7.24. The van der Waals surface area contributed by atoms with E-state index in [9.17, 15) is 0 Å². The van der Waals surface area contributed by atoms with Crippen molar-refractivity contribution in [2.45, 2.75) is 0 Å². The molecule has 3 aliphatic rings. The molecule has 2 aromatic carbocycles. The van der Waals surface area contributed by atoms with E-state index in [1.165, 1.54) is 0 Å². The van der Waals surface area contributed by atoms with Crippen LogP contribution in [0.2, 0.25) is 20.1 Å². The first-order chi connectivity index (χ1) is 16.3. The molecule has 184 valence electrons. The topological polar surface area (TPSA) is 65.6 Å². The van der Waals surface area contributed by atoms with Gasteiger partial charge >= 0.3 is 15.2 Å². The van der Waals surface area contributed by atoms with Gasteiger partial charge in [-0.1, -0.05) is 46.4 Å². The maximum absolute atomic E-state index is 15.1. The molecular formula is C20H22Cl4N4O4P2. The van der Waals surface area contributed by atoms with Crippen LogP contribution in [0.3, 0.4) is 0 Å². The van der Waals surface area contributed by atoms with Gasteiger partial charge in [-0.25, -0.2) is 18.2 Å². The maximum atomic E-state index is 15.1. The van der Waals surface area contributed by atoms with Crippen LogP contribution in [-0.2, 0) is 18.6 Å². The van der Waals surface area contributed by atoms with Crippen molar-refractivity contribution in [2.24, 2.45) is 0 Å². The Morgan fingerprint density at radius 1 is 0.588 bits per heavy atom. The molecule has 2 aromatic rings. The summed E-state index contributed by atoms with van der Waals surface area (Å²) in [4.78, 5) is 0. The van der Waals surface area contributed by atoms with Crippen molar-refractivity contribution < 1.29 is 18.6 Å². The Hall–Kier alpha value is -0.500. The summed E-state index contributed by atoms with van der Waals surface area (Å²) in [6, 6.07) is 9.84. The molecule has 0 spiro atoms. The molecule has 0 N–H and O–H groups in total. The Labute approximate surface area is 218 Å². The fourth-order valence-electron chi connectivity index (χ4n) is 4.36. The number of nitrogens with zero attached hydrogens (tertiary/aromatic N) is 4. The van der Waals surface area contributed by atoms with Crippen molar-refractivity contribution in [3.05, 3.63) is 56.5 Å². The van der Waals surface area contributed by atoms with Gasteiger partial charge in [0.2, 0.25) is 0 Å². The monoisotopic (exact) mass is 584 g/mol. The lowest BCUT2D eigenvalue weighted by molar-refractivity contribution is 0.0686. The summed E-state index contributed by atoms with van der Waals surface area (Å²) in [6.07, 6.45) is 0. The quantitative estimate of drug-likeness (QED) is 0.376. The lowest BCUT2D eigenvalue weighted by Gasteiger charge is -2.62. The summed E-state index contributed by atoms with van der Waals surface area (Å²) in [5.41, 5.74) is 0.936. The van der Waals surface area contributed by atoms with Crippen molar-refractivity contribution in [1.82, 2.24) is 9.34 Å². The standard InChI is InChI=1S/C20H22Cl4N4O4P2/c21-17-3-1-15(13-19(17)23)27-33(29,25-5-9-31-10-6-25)28(16-2-4-18(22)20(24)14-16)34(27,30)26-7-11-32-12-8-26/h1-4,13-14H,5-12H2. The van der Waals surface area contributed by atoms with Gasteiger partial charge in [0.25, 0.3) is 0 Å². The zero-order valence-electron chi connectivity index (χ0n) is 17.9. The van der Waals surface area contributed by atoms with Crippen molar-refractivity contribution in [1.29, 1.82) is 0 Å². The summed E-state index contributed by atoms with van der Waals surface area (Å²) < 4.78 is 47.9. The van der Waals surface area contributed by atoms with Crippen LogP contribution in [-0.4, -0.2) is 61.9 Å². The Bertz CT molecular complexity index is 1090. The number of halogens is 4. The van der Waals surface area contributed by atoms with E-state index in [0.717, 1.165) is 0 Å². The van der Waals surface area contributed by atoms with Crippen LogP contribution in [0, 0.1) is 0 Å². The average Bonchev–Trinajstić information content (AvgIpc) is 2.84. The molecule has 0 aliphatic carbocycles. The zero-order chi connectivity index (χ0) is 24.1. The number of morpholine rings is 2. The molecule has 3 aliphatic heterocycles. The van der Waals surface area contributed by atoms with E-state index in [-0.39, 0.29) is 10.0 Å².